The van der Waals surface area contributed by atoms with Gasteiger partial charge in [-0.25, -0.2) is 9.59 Å². The number of carboxylic acids is 1. The van der Waals surface area contributed by atoms with Crippen LogP contribution in [0.25, 0.3) is 0 Å². The Balaban J connectivity index is 4.51. The number of carbonyl (C=O) groups excluding carboxylic acids is 2. The summed E-state index contributed by atoms with van der Waals surface area (Å²) in [5, 5.41) is 20.9. The van der Waals surface area contributed by atoms with E-state index in [-0.39, 0.29) is 0 Å². The fraction of sp³-hybridized carbons (Fsp3) is 0.700. The second-order valence-electron chi connectivity index (χ2n) is 4.77. The Hall–Kier alpha value is -2.19. The third-order valence-corrected chi connectivity index (χ3v) is 1.73. The number of rotatable bonds is 6. The summed E-state index contributed by atoms with van der Waals surface area (Å²) in [5.41, 5.74) is -0.821. The summed E-state index contributed by atoms with van der Waals surface area (Å²) in [7, 11) is 0. The number of Topliss-reactive ketones (excluding diaryl/α,β-unsaturated/α-hetero) is 1. The maximum absolute atomic E-state index is 11.3. The average Bonchev–Trinajstić information content (AvgIpc) is 2.11. The lowest BCUT2D eigenvalue weighted by atomic mass is 10.1. The summed E-state index contributed by atoms with van der Waals surface area (Å²) in [6.07, 6.45) is -1.68. The fourth-order valence-corrected chi connectivity index (χ4v) is 1.09. The lowest BCUT2D eigenvalue weighted by molar-refractivity contribution is -0.467. The molecule has 0 aromatic heterocycles. The highest BCUT2D eigenvalue weighted by molar-refractivity contribution is 5.88. The van der Waals surface area contributed by atoms with Gasteiger partial charge in [0, 0.05) is 11.3 Å². The molecule has 0 aliphatic heterocycles. The zero-order valence-electron chi connectivity index (χ0n) is 10.8. The number of nitrogens with one attached hydrogen (secondary N) is 1. The van der Waals surface area contributed by atoms with Gasteiger partial charge in [0.2, 0.25) is 5.78 Å². The molecule has 9 heteroatoms. The van der Waals surface area contributed by atoms with Crippen LogP contribution in [0.1, 0.15) is 27.2 Å². The van der Waals surface area contributed by atoms with Crippen molar-refractivity contribution >= 4 is 17.8 Å². The maximum Gasteiger partial charge on any atom is 0.408 e. The minimum Gasteiger partial charge on any atom is -0.480 e. The number of hydrogen-bond acceptors (Lipinski definition) is 6. The van der Waals surface area contributed by atoms with Crippen LogP contribution in [0.5, 0.6) is 0 Å². The molecule has 0 rings (SSSR count). The van der Waals surface area contributed by atoms with E-state index in [9.17, 15) is 24.5 Å². The predicted octanol–water partition coefficient (Wildman–Crippen LogP) is 0.200. The lowest BCUT2D eigenvalue weighted by Crippen LogP contribution is -2.45. The second-order valence-corrected chi connectivity index (χ2v) is 4.77. The van der Waals surface area contributed by atoms with Gasteiger partial charge < -0.3 is 15.2 Å². The molecule has 0 aromatic carbocycles. The Labute approximate surface area is 109 Å². The molecule has 0 heterocycles. The summed E-state index contributed by atoms with van der Waals surface area (Å²) in [5.74, 6) is -2.36. The topological polar surface area (TPSA) is 136 Å². The summed E-state index contributed by atoms with van der Waals surface area (Å²) in [6, 6.07) is -1.55. The van der Waals surface area contributed by atoms with Gasteiger partial charge in [-0.3, -0.25) is 14.9 Å². The van der Waals surface area contributed by atoms with Crippen LogP contribution >= 0.6 is 0 Å². The number of carboxylic acid groups (broad SMARTS) is 1. The van der Waals surface area contributed by atoms with Gasteiger partial charge in [-0.15, -0.1) is 0 Å². The Morgan fingerprint density at radius 2 is 1.89 bits per heavy atom. The zero-order chi connectivity index (χ0) is 15.2. The number of alkyl carbamates (subject to hydrolysis) is 1. The van der Waals surface area contributed by atoms with Gasteiger partial charge in [0.1, 0.15) is 11.6 Å². The normalized spacial score (nSPS) is 12.4. The van der Waals surface area contributed by atoms with E-state index in [4.69, 9.17) is 9.84 Å². The van der Waals surface area contributed by atoms with Gasteiger partial charge in [0.25, 0.3) is 6.54 Å². The Bertz CT molecular complexity index is 386. The van der Waals surface area contributed by atoms with Gasteiger partial charge in [-0.05, 0) is 20.8 Å². The van der Waals surface area contributed by atoms with E-state index in [0.717, 1.165) is 0 Å². The molecule has 19 heavy (non-hydrogen) atoms. The lowest BCUT2D eigenvalue weighted by Gasteiger charge is -2.21. The second kappa shape index (κ2) is 6.66. The van der Waals surface area contributed by atoms with Crippen LogP contribution < -0.4 is 5.32 Å². The van der Waals surface area contributed by atoms with Crippen LogP contribution in [0.15, 0.2) is 0 Å². The van der Waals surface area contributed by atoms with Crippen LogP contribution in [0.3, 0.4) is 0 Å². The Kier molecular flexibility index (Phi) is 5.90. The van der Waals surface area contributed by atoms with Crippen molar-refractivity contribution in [1.82, 2.24) is 5.32 Å². The zero-order valence-corrected chi connectivity index (χ0v) is 10.8. The van der Waals surface area contributed by atoms with Crippen LogP contribution in [-0.4, -0.2) is 46.1 Å². The quantitative estimate of drug-likeness (QED) is 0.522. The van der Waals surface area contributed by atoms with Crippen LogP contribution in [0.4, 0.5) is 4.79 Å². The number of aliphatic carboxylic acids is 1. The van der Waals surface area contributed by atoms with E-state index in [1.807, 2.05) is 5.32 Å². The Morgan fingerprint density at radius 1 is 1.37 bits per heavy atom. The van der Waals surface area contributed by atoms with Gasteiger partial charge in [0.15, 0.2) is 0 Å². The van der Waals surface area contributed by atoms with E-state index in [1.54, 1.807) is 20.8 Å². The molecule has 9 nitrogen and oxygen atoms in total. The van der Waals surface area contributed by atoms with Crippen molar-refractivity contribution < 1.29 is 29.2 Å². The molecule has 1 atom stereocenters. The monoisotopic (exact) mass is 276 g/mol. The van der Waals surface area contributed by atoms with Crippen molar-refractivity contribution in [3.63, 3.8) is 0 Å². The highest BCUT2D eigenvalue weighted by atomic mass is 16.6. The standard InChI is InChI=1S/C10H16N2O7/c1-10(2,3)19-9(16)11-7(8(14)15)4-6(13)5-12(17)18/h7H,4-5H2,1-3H3,(H,11,16)(H,14,15)/t7-/m0/s1. The number of amides is 1. The van der Waals surface area contributed by atoms with Crippen LogP contribution in [-0.2, 0) is 14.3 Å². The van der Waals surface area contributed by atoms with Crippen LogP contribution in [0, 0.1) is 10.1 Å². The largest absolute Gasteiger partial charge is 0.480 e. The van der Waals surface area contributed by atoms with Crippen molar-refractivity contribution in [2.45, 2.75) is 38.8 Å². The number of ketones is 1. The van der Waals surface area contributed by atoms with Crippen molar-refractivity contribution in [2.24, 2.45) is 0 Å². The number of carbonyl (C=O) groups is 3. The molecule has 108 valence electrons. The van der Waals surface area contributed by atoms with E-state index in [2.05, 4.69) is 0 Å². The summed E-state index contributed by atoms with van der Waals surface area (Å²) < 4.78 is 4.82. The summed E-state index contributed by atoms with van der Waals surface area (Å²) in [4.78, 5) is 42.5. The molecular formula is C10H16N2O7. The van der Waals surface area contributed by atoms with Gasteiger partial charge in [-0.2, -0.15) is 0 Å². The number of hydrogen-bond donors (Lipinski definition) is 2. The first-order chi connectivity index (χ1) is 8.51. The van der Waals surface area contributed by atoms with Crippen molar-refractivity contribution in [3.8, 4) is 0 Å². The fourth-order valence-electron chi connectivity index (χ4n) is 1.09. The van der Waals surface area contributed by atoms with E-state index in [0.29, 0.717) is 0 Å². The minimum absolute atomic E-state index is 0.671. The maximum atomic E-state index is 11.3. The Morgan fingerprint density at radius 3 is 2.26 bits per heavy atom. The molecule has 0 saturated heterocycles. The molecule has 0 unspecified atom stereocenters. The minimum atomic E-state index is -1.55. The van der Waals surface area contributed by atoms with Gasteiger partial charge >= 0.3 is 12.1 Å². The summed E-state index contributed by atoms with van der Waals surface area (Å²) >= 11 is 0. The van der Waals surface area contributed by atoms with Crippen molar-refractivity contribution in [3.05, 3.63) is 10.1 Å². The van der Waals surface area contributed by atoms with Crippen molar-refractivity contribution in [2.75, 3.05) is 6.54 Å². The van der Waals surface area contributed by atoms with Crippen LogP contribution in [0.2, 0.25) is 0 Å². The average molecular weight is 276 g/mol. The van der Waals surface area contributed by atoms with E-state index < -0.39 is 47.4 Å². The highest BCUT2D eigenvalue weighted by Crippen LogP contribution is 2.07. The van der Waals surface area contributed by atoms with Crippen molar-refractivity contribution in [1.29, 1.82) is 0 Å². The predicted molar refractivity (Wildman–Crippen MR) is 62.3 cm³/mol. The molecule has 0 bridgehead atoms. The molecular weight excluding hydrogens is 260 g/mol. The molecule has 0 aliphatic carbocycles. The first kappa shape index (κ1) is 16.8. The molecule has 0 aromatic rings. The smallest absolute Gasteiger partial charge is 0.408 e. The molecule has 0 fully saturated rings. The first-order valence-corrected chi connectivity index (χ1v) is 5.37. The highest BCUT2D eigenvalue weighted by Gasteiger charge is 2.27. The molecule has 0 aliphatic rings. The molecule has 1 amide bonds. The first-order valence-electron chi connectivity index (χ1n) is 5.37. The molecule has 0 radical (unpaired) electrons. The number of nitro groups is 1. The molecule has 2 N–H and O–H groups in total. The third kappa shape index (κ3) is 8.52. The third-order valence-electron chi connectivity index (χ3n) is 1.73. The van der Waals surface area contributed by atoms with E-state index >= 15 is 0 Å². The SMILES string of the molecule is CC(C)(C)OC(=O)N[C@@H](CC(=O)C[N+](=O)[O-])C(=O)O. The van der Waals surface area contributed by atoms with Gasteiger partial charge in [0.05, 0.1) is 0 Å². The summed E-state index contributed by atoms with van der Waals surface area (Å²) in [6.45, 7) is 3.76. The number of nitrogens with zero attached hydrogens (tertiary/aromatic N) is 1. The van der Waals surface area contributed by atoms with Gasteiger partial charge in [-0.1, -0.05) is 0 Å². The molecule has 0 spiro atoms. The van der Waals surface area contributed by atoms with E-state index in [1.165, 1.54) is 0 Å². The number of ether oxygens (including phenoxy) is 1. The molecule has 0 saturated carbocycles.